The van der Waals surface area contributed by atoms with Crippen molar-refractivity contribution < 1.29 is 38.1 Å². The van der Waals surface area contributed by atoms with Crippen LogP contribution in [0.2, 0.25) is 0 Å². The molecule has 24 heavy (non-hydrogen) atoms. The normalized spacial score (nSPS) is 27.2. The first-order chi connectivity index (χ1) is 11.0. The van der Waals surface area contributed by atoms with Gasteiger partial charge in [0.15, 0.2) is 24.6 Å². The highest BCUT2D eigenvalue weighted by Crippen LogP contribution is 2.30. The van der Waals surface area contributed by atoms with E-state index in [1.54, 1.807) is 0 Å². The minimum atomic E-state index is -1.73. The van der Waals surface area contributed by atoms with Gasteiger partial charge in [0.25, 0.3) is 0 Å². The molecule has 0 unspecified atom stereocenters. The summed E-state index contributed by atoms with van der Waals surface area (Å²) in [7, 11) is 0. The van der Waals surface area contributed by atoms with Crippen molar-refractivity contribution in [3.63, 3.8) is 0 Å². The third-order valence-corrected chi connectivity index (χ3v) is 3.04. The third-order valence-electron chi connectivity index (χ3n) is 2.72. The number of esters is 3. The van der Waals surface area contributed by atoms with E-state index in [2.05, 4.69) is 0 Å². The fourth-order valence-electron chi connectivity index (χ4n) is 2.03. The van der Waals surface area contributed by atoms with Crippen LogP contribution < -0.4 is 0 Å². The van der Waals surface area contributed by atoms with Gasteiger partial charge in [0.1, 0.15) is 0 Å². The van der Waals surface area contributed by atoms with E-state index in [9.17, 15) is 14.4 Å². The van der Waals surface area contributed by atoms with E-state index in [1.165, 1.54) is 6.92 Å². The molecule has 4 atom stereocenters. The van der Waals surface area contributed by atoms with E-state index in [0.29, 0.717) is 0 Å². The maximum Gasteiger partial charge on any atom is 0.303 e. The van der Waals surface area contributed by atoms with E-state index in [4.69, 9.17) is 58.5 Å². The van der Waals surface area contributed by atoms with Gasteiger partial charge in [-0.15, -0.1) is 0 Å². The van der Waals surface area contributed by atoms with E-state index < -0.39 is 46.3 Å². The summed E-state index contributed by atoms with van der Waals surface area (Å²) in [6.07, 6.45) is -4.51. The Morgan fingerprint density at radius 2 is 1.46 bits per heavy atom. The van der Waals surface area contributed by atoms with Crippen molar-refractivity contribution in [3.8, 4) is 0 Å². The Labute approximate surface area is 153 Å². The number of carbonyl (C=O) groups excluding carboxylic acids is 3. The van der Waals surface area contributed by atoms with Gasteiger partial charge < -0.3 is 23.7 Å². The van der Waals surface area contributed by atoms with E-state index in [0.717, 1.165) is 13.8 Å². The molecule has 8 nitrogen and oxygen atoms in total. The monoisotopic (exact) mass is 406 g/mol. The zero-order valence-electron chi connectivity index (χ0n) is 13.1. The van der Waals surface area contributed by atoms with Gasteiger partial charge in [-0.2, -0.15) is 0 Å². The van der Waals surface area contributed by atoms with E-state index in [1.807, 2.05) is 0 Å². The van der Waals surface area contributed by atoms with Crippen LogP contribution in [0.15, 0.2) is 0 Å². The summed E-state index contributed by atoms with van der Waals surface area (Å²) < 4.78 is 24.2. The van der Waals surface area contributed by atoms with Crippen LogP contribution in [0.4, 0.5) is 0 Å². The molecule has 0 aromatic carbocycles. The lowest BCUT2D eigenvalue weighted by molar-refractivity contribution is -0.280. The van der Waals surface area contributed by atoms with Crippen LogP contribution in [0, 0.1) is 0 Å². The summed E-state index contributed by atoms with van der Waals surface area (Å²) in [6, 6.07) is 0. The standard InChI is InChI=1S/C13H17Cl3O8/c1-6(17)22-9-4-20-12(21-5-13(14,15)16)11(24-8(3)19)10(9)23-7(2)18/h9-12H,4-5H2,1-3H3/t9-,10+,11+,12+/m1/s1. The predicted molar refractivity (Wildman–Crippen MR) is 82.6 cm³/mol. The molecule has 0 aliphatic carbocycles. The van der Waals surface area contributed by atoms with Crippen LogP contribution in [0.3, 0.4) is 0 Å². The summed E-state index contributed by atoms with van der Waals surface area (Å²) in [5, 5.41) is 0. The molecular formula is C13H17Cl3O8. The lowest BCUT2D eigenvalue weighted by atomic mass is 10.0. The first-order valence-electron chi connectivity index (χ1n) is 6.81. The molecule has 138 valence electrons. The first kappa shape index (κ1) is 21.2. The Morgan fingerprint density at radius 1 is 0.958 bits per heavy atom. The van der Waals surface area contributed by atoms with Crippen molar-refractivity contribution >= 4 is 52.7 Å². The molecule has 0 aromatic heterocycles. The number of rotatable bonds is 5. The fourth-order valence-corrected chi connectivity index (χ4v) is 2.22. The number of carbonyl (C=O) groups is 3. The molecule has 1 saturated heterocycles. The van der Waals surface area contributed by atoms with Gasteiger partial charge in [-0.25, -0.2) is 0 Å². The number of alkyl halides is 3. The molecular weight excluding hydrogens is 390 g/mol. The lowest BCUT2D eigenvalue weighted by Crippen LogP contribution is -2.58. The largest absolute Gasteiger partial charge is 0.456 e. The Bertz CT molecular complexity index is 478. The SMILES string of the molecule is CC(=O)O[C@@H]1[C@H](OCC(Cl)(Cl)Cl)OC[C@@H](OC(C)=O)[C@@H]1OC(C)=O. The zero-order valence-corrected chi connectivity index (χ0v) is 15.4. The molecule has 0 saturated carbocycles. The second kappa shape index (κ2) is 9.05. The summed E-state index contributed by atoms with van der Waals surface area (Å²) in [5.41, 5.74) is 0. The van der Waals surface area contributed by atoms with Gasteiger partial charge >= 0.3 is 17.9 Å². The Morgan fingerprint density at radius 3 is 1.92 bits per heavy atom. The molecule has 0 radical (unpaired) electrons. The summed E-state index contributed by atoms with van der Waals surface area (Å²) >= 11 is 16.8. The average Bonchev–Trinajstić information content (AvgIpc) is 2.38. The van der Waals surface area contributed by atoms with Gasteiger partial charge in [0.05, 0.1) is 13.2 Å². The van der Waals surface area contributed by atoms with Gasteiger partial charge in [0.2, 0.25) is 3.79 Å². The Balaban J connectivity index is 2.99. The van der Waals surface area contributed by atoms with Crippen molar-refractivity contribution in [3.05, 3.63) is 0 Å². The average molecular weight is 408 g/mol. The molecule has 0 amide bonds. The highest BCUT2D eigenvalue weighted by Gasteiger charge is 2.48. The maximum absolute atomic E-state index is 11.4. The smallest absolute Gasteiger partial charge is 0.303 e. The van der Waals surface area contributed by atoms with Crippen LogP contribution in [0.5, 0.6) is 0 Å². The van der Waals surface area contributed by atoms with Gasteiger partial charge in [-0.05, 0) is 0 Å². The van der Waals surface area contributed by atoms with Gasteiger partial charge in [-0.1, -0.05) is 34.8 Å². The fraction of sp³-hybridized carbons (Fsp3) is 0.769. The first-order valence-corrected chi connectivity index (χ1v) is 7.94. The minimum Gasteiger partial charge on any atom is -0.456 e. The van der Waals surface area contributed by atoms with Crippen molar-refractivity contribution in [2.75, 3.05) is 13.2 Å². The Hall–Kier alpha value is -0.800. The summed E-state index contributed by atoms with van der Waals surface area (Å²) in [6.45, 7) is 2.94. The van der Waals surface area contributed by atoms with Crippen molar-refractivity contribution in [1.29, 1.82) is 0 Å². The van der Waals surface area contributed by atoms with Crippen LogP contribution in [-0.2, 0) is 38.1 Å². The highest BCUT2D eigenvalue weighted by atomic mass is 35.6. The topological polar surface area (TPSA) is 97.4 Å². The summed E-state index contributed by atoms with van der Waals surface area (Å²) in [5.74, 6) is -1.98. The molecule has 1 heterocycles. The van der Waals surface area contributed by atoms with Crippen LogP contribution >= 0.6 is 34.8 Å². The minimum absolute atomic E-state index is 0.167. The molecule has 0 spiro atoms. The zero-order chi connectivity index (χ0) is 18.5. The molecule has 0 N–H and O–H groups in total. The predicted octanol–water partition coefficient (Wildman–Crippen LogP) is 1.52. The number of halogens is 3. The molecule has 1 aliphatic heterocycles. The molecule has 1 rings (SSSR count). The Kier molecular flexibility index (Phi) is 8.01. The number of hydrogen-bond acceptors (Lipinski definition) is 8. The molecule has 0 aromatic rings. The van der Waals surface area contributed by atoms with Crippen LogP contribution in [0.1, 0.15) is 20.8 Å². The van der Waals surface area contributed by atoms with Gasteiger partial charge in [-0.3, -0.25) is 14.4 Å². The number of ether oxygens (including phenoxy) is 5. The molecule has 11 heteroatoms. The highest BCUT2D eigenvalue weighted by molar-refractivity contribution is 6.67. The van der Waals surface area contributed by atoms with E-state index in [-0.39, 0.29) is 13.2 Å². The van der Waals surface area contributed by atoms with E-state index >= 15 is 0 Å². The van der Waals surface area contributed by atoms with Crippen molar-refractivity contribution in [2.45, 2.75) is 49.2 Å². The number of hydrogen-bond donors (Lipinski definition) is 0. The maximum atomic E-state index is 11.4. The molecule has 1 aliphatic rings. The lowest BCUT2D eigenvalue weighted by Gasteiger charge is -2.40. The third kappa shape index (κ3) is 7.40. The second-order valence-corrected chi connectivity index (χ2v) is 7.44. The van der Waals surface area contributed by atoms with Crippen LogP contribution in [-0.4, -0.2) is 59.5 Å². The molecule has 1 fully saturated rings. The van der Waals surface area contributed by atoms with Gasteiger partial charge in [0, 0.05) is 20.8 Å². The van der Waals surface area contributed by atoms with Crippen molar-refractivity contribution in [2.24, 2.45) is 0 Å². The van der Waals surface area contributed by atoms with Crippen molar-refractivity contribution in [1.82, 2.24) is 0 Å². The second-order valence-electron chi connectivity index (χ2n) is 4.92. The summed E-state index contributed by atoms with van der Waals surface area (Å²) in [4.78, 5) is 33.9. The quantitative estimate of drug-likeness (QED) is 0.384. The molecule has 0 bridgehead atoms. The van der Waals surface area contributed by atoms with Crippen LogP contribution in [0.25, 0.3) is 0 Å².